The van der Waals surface area contributed by atoms with Crippen LogP contribution in [-0.4, -0.2) is 10.9 Å². The number of carbonyl (C=O) groups is 1. The summed E-state index contributed by atoms with van der Waals surface area (Å²) in [6, 6.07) is 13.0. The third-order valence-electron chi connectivity index (χ3n) is 3.72. The number of hydrogen-bond acceptors (Lipinski definition) is 3. The molecule has 0 atom stereocenters. The molecule has 0 saturated heterocycles. The Morgan fingerprint density at radius 2 is 1.77 bits per heavy atom. The van der Waals surface area contributed by atoms with Crippen LogP contribution in [0.3, 0.4) is 0 Å². The first-order valence-electron chi connectivity index (χ1n) is 6.96. The van der Waals surface area contributed by atoms with E-state index in [1.165, 1.54) is 0 Å². The van der Waals surface area contributed by atoms with Gasteiger partial charge in [0.2, 0.25) is 0 Å². The monoisotopic (exact) mass is 292 g/mol. The Bertz CT molecular complexity index is 893. The number of nitrogen functional groups attached to an aromatic ring is 1. The van der Waals surface area contributed by atoms with Gasteiger partial charge >= 0.3 is 0 Å². The second-order valence-corrected chi connectivity index (χ2v) is 5.24. The van der Waals surface area contributed by atoms with Gasteiger partial charge < -0.3 is 10.7 Å². The molecule has 1 aromatic heterocycles. The largest absolute Gasteiger partial charge is 0.385 e. The molecule has 0 saturated carbocycles. The fourth-order valence-electron chi connectivity index (χ4n) is 2.29. The number of H-pyrrole nitrogens is 1. The zero-order chi connectivity index (χ0) is 15.7. The van der Waals surface area contributed by atoms with E-state index < -0.39 is 0 Å². The highest BCUT2D eigenvalue weighted by molar-refractivity contribution is 6.00. The lowest BCUT2D eigenvalue weighted by Crippen LogP contribution is -1.95. The highest BCUT2D eigenvalue weighted by Gasteiger charge is 2.09. The van der Waals surface area contributed by atoms with Crippen LogP contribution in [0.4, 0.5) is 11.6 Å². The second kappa shape index (κ2) is 5.44. The molecule has 2 aromatic carbocycles. The van der Waals surface area contributed by atoms with Crippen molar-refractivity contribution in [1.82, 2.24) is 4.98 Å². The van der Waals surface area contributed by atoms with E-state index in [2.05, 4.69) is 15.2 Å². The van der Waals surface area contributed by atoms with Crippen LogP contribution in [0.5, 0.6) is 0 Å². The molecule has 5 nitrogen and oxygen atoms in total. The summed E-state index contributed by atoms with van der Waals surface area (Å²) in [6.07, 6.45) is 0. The number of fused-ring (bicyclic) bond motifs is 1. The quantitative estimate of drug-likeness (QED) is 0.690. The molecule has 0 fully saturated rings. The van der Waals surface area contributed by atoms with Crippen molar-refractivity contribution in [3.63, 3.8) is 0 Å². The van der Waals surface area contributed by atoms with Gasteiger partial charge in [-0.1, -0.05) is 30.3 Å². The van der Waals surface area contributed by atoms with Gasteiger partial charge in [-0.15, -0.1) is 10.2 Å². The minimum absolute atomic E-state index is 0.375. The van der Waals surface area contributed by atoms with E-state index >= 15 is 0 Å². The van der Waals surface area contributed by atoms with E-state index in [0.717, 1.165) is 21.9 Å². The molecule has 110 valence electrons. The van der Waals surface area contributed by atoms with Crippen molar-refractivity contribution < 1.29 is 4.79 Å². The first kappa shape index (κ1) is 14.0. The highest BCUT2D eigenvalue weighted by atomic mass is 16.1. The van der Waals surface area contributed by atoms with Crippen molar-refractivity contribution in [3.8, 4) is 0 Å². The van der Waals surface area contributed by atoms with Crippen LogP contribution in [0.1, 0.15) is 21.5 Å². The van der Waals surface area contributed by atoms with Crippen molar-refractivity contribution in [2.45, 2.75) is 13.8 Å². The van der Waals surface area contributed by atoms with Crippen molar-refractivity contribution >= 4 is 28.3 Å². The topological polar surface area (TPSA) is 83.6 Å². The van der Waals surface area contributed by atoms with Gasteiger partial charge in [0.25, 0.3) is 5.91 Å². The Morgan fingerprint density at radius 3 is 2.50 bits per heavy atom. The van der Waals surface area contributed by atoms with Gasteiger partial charge in [-0.25, -0.2) is 0 Å². The molecule has 3 N–H and O–H groups in total. The summed E-state index contributed by atoms with van der Waals surface area (Å²) < 4.78 is 0. The number of amides is 1. The summed E-state index contributed by atoms with van der Waals surface area (Å²) in [7, 11) is 0. The van der Waals surface area contributed by atoms with E-state index in [-0.39, 0.29) is 5.91 Å². The molecular weight excluding hydrogens is 276 g/mol. The van der Waals surface area contributed by atoms with Crippen LogP contribution in [0.25, 0.3) is 10.8 Å². The standard InChI is InChI=1S/C17H16N4O/c1-10-7-8-12(9-11(10)2)17(22)21-20-16-14-6-4-3-5-13(14)15(18)19-16/h3-9,19H,18H2,1-2H3. The fraction of sp³-hybridized carbons (Fsp3) is 0.118. The molecule has 0 radical (unpaired) electrons. The minimum atomic E-state index is -0.375. The maximum Gasteiger partial charge on any atom is 0.295 e. The van der Waals surface area contributed by atoms with Crippen molar-refractivity contribution in [1.29, 1.82) is 0 Å². The summed E-state index contributed by atoms with van der Waals surface area (Å²) in [4.78, 5) is 15.1. The second-order valence-electron chi connectivity index (χ2n) is 5.24. The normalized spacial score (nSPS) is 11.4. The average Bonchev–Trinajstić information content (AvgIpc) is 2.84. The molecule has 22 heavy (non-hydrogen) atoms. The zero-order valence-corrected chi connectivity index (χ0v) is 12.4. The number of aromatic nitrogens is 1. The number of nitrogens with one attached hydrogen (secondary N) is 1. The Kier molecular flexibility index (Phi) is 3.47. The molecule has 1 heterocycles. The van der Waals surface area contributed by atoms with Crippen molar-refractivity contribution in [2.24, 2.45) is 10.2 Å². The summed E-state index contributed by atoms with van der Waals surface area (Å²) in [6.45, 7) is 3.96. The van der Waals surface area contributed by atoms with Crippen LogP contribution in [-0.2, 0) is 0 Å². The zero-order valence-electron chi connectivity index (χ0n) is 12.4. The van der Waals surface area contributed by atoms with Gasteiger partial charge in [-0.2, -0.15) is 0 Å². The van der Waals surface area contributed by atoms with E-state index in [9.17, 15) is 4.79 Å². The lowest BCUT2D eigenvalue weighted by atomic mass is 10.1. The van der Waals surface area contributed by atoms with Gasteiger partial charge in [-0.05, 0) is 37.1 Å². The molecule has 0 spiro atoms. The highest BCUT2D eigenvalue weighted by Crippen LogP contribution is 2.30. The van der Waals surface area contributed by atoms with E-state index in [4.69, 9.17) is 5.73 Å². The Morgan fingerprint density at radius 1 is 1.05 bits per heavy atom. The Labute approximate surface area is 127 Å². The number of aryl methyl sites for hydroxylation is 2. The molecule has 0 aliphatic carbocycles. The van der Waals surface area contributed by atoms with Crippen LogP contribution < -0.4 is 5.73 Å². The molecule has 0 aliphatic heterocycles. The lowest BCUT2D eigenvalue weighted by molar-refractivity contribution is 0.0995. The number of azo groups is 1. The van der Waals surface area contributed by atoms with E-state index in [1.807, 2.05) is 50.2 Å². The van der Waals surface area contributed by atoms with Gasteiger partial charge in [0, 0.05) is 16.3 Å². The van der Waals surface area contributed by atoms with Crippen LogP contribution in [0.15, 0.2) is 52.7 Å². The Hall–Kier alpha value is -2.95. The molecule has 0 bridgehead atoms. The predicted molar refractivity (Wildman–Crippen MR) is 87.5 cm³/mol. The number of benzene rings is 2. The average molecular weight is 292 g/mol. The van der Waals surface area contributed by atoms with Crippen LogP contribution >= 0.6 is 0 Å². The first-order valence-corrected chi connectivity index (χ1v) is 6.96. The summed E-state index contributed by atoms with van der Waals surface area (Å²) in [5, 5.41) is 9.54. The SMILES string of the molecule is Cc1ccc(C(=O)N=Nc2[nH]c(N)c3ccccc23)cc1C. The number of aromatic amines is 1. The molecule has 5 heteroatoms. The fourth-order valence-corrected chi connectivity index (χ4v) is 2.29. The van der Waals surface area contributed by atoms with Crippen molar-refractivity contribution in [3.05, 3.63) is 59.2 Å². The van der Waals surface area contributed by atoms with Crippen LogP contribution in [0.2, 0.25) is 0 Å². The number of anilines is 1. The van der Waals surface area contributed by atoms with Gasteiger partial charge in [0.15, 0.2) is 5.82 Å². The van der Waals surface area contributed by atoms with E-state index in [1.54, 1.807) is 6.07 Å². The minimum Gasteiger partial charge on any atom is -0.385 e. The molecule has 3 aromatic rings. The lowest BCUT2D eigenvalue weighted by Gasteiger charge is -2.00. The van der Waals surface area contributed by atoms with Gasteiger partial charge in [0.1, 0.15) is 5.82 Å². The molecule has 0 aliphatic rings. The maximum absolute atomic E-state index is 12.1. The number of rotatable bonds is 2. The smallest absolute Gasteiger partial charge is 0.295 e. The summed E-state index contributed by atoms with van der Waals surface area (Å²) in [5.74, 6) is 0.633. The predicted octanol–water partition coefficient (Wildman–Crippen LogP) is 4.29. The van der Waals surface area contributed by atoms with Gasteiger partial charge in [0.05, 0.1) is 0 Å². The van der Waals surface area contributed by atoms with Gasteiger partial charge in [-0.3, -0.25) is 4.79 Å². The summed E-state index contributed by atoms with van der Waals surface area (Å²) in [5.41, 5.74) is 8.60. The number of carbonyl (C=O) groups excluding carboxylic acids is 1. The molecule has 0 unspecified atom stereocenters. The van der Waals surface area contributed by atoms with E-state index in [0.29, 0.717) is 17.2 Å². The Balaban J connectivity index is 1.92. The number of hydrogen-bond donors (Lipinski definition) is 2. The number of nitrogens with zero attached hydrogens (tertiary/aromatic N) is 2. The summed E-state index contributed by atoms with van der Waals surface area (Å²) >= 11 is 0. The van der Waals surface area contributed by atoms with Crippen LogP contribution in [0, 0.1) is 13.8 Å². The van der Waals surface area contributed by atoms with Crippen molar-refractivity contribution in [2.75, 3.05) is 5.73 Å². The number of nitrogens with two attached hydrogens (primary N) is 1. The molecule has 1 amide bonds. The third kappa shape index (κ3) is 2.48. The maximum atomic E-state index is 12.1. The first-order chi connectivity index (χ1) is 10.6. The third-order valence-corrected chi connectivity index (χ3v) is 3.72. The molecule has 3 rings (SSSR count). The molecular formula is C17H16N4O.